The average molecular weight is 412 g/mol. The van der Waals surface area contributed by atoms with E-state index in [4.69, 9.17) is 4.42 Å². The highest BCUT2D eigenvalue weighted by atomic mass is 32.2. The van der Waals surface area contributed by atoms with Gasteiger partial charge in [-0.25, -0.2) is 16.8 Å². The van der Waals surface area contributed by atoms with Crippen LogP contribution in [0.5, 0.6) is 0 Å². The molecule has 0 atom stereocenters. The molecule has 9 heteroatoms. The van der Waals surface area contributed by atoms with Gasteiger partial charge in [-0.05, 0) is 44.0 Å². The van der Waals surface area contributed by atoms with Gasteiger partial charge in [-0.3, -0.25) is 4.79 Å². The highest BCUT2D eigenvalue weighted by Crippen LogP contribution is 2.26. The summed E-state index contributed by atoms with van der Waals surface area (Å²) < 4.78 is 57.0. The first kappa shape index (κ1) is 19.8. The zero-order valence-corrected chi connectivity index (χ0v) is 16.5. The van der Waals surface area contributed by atoms with Crippen LogP contribution in [0.1, 0.15) is 35.9 Å². The Morgan fingerprint density at radius 1 is 1.07 bits per heavy atom. The zero-order valence-electron chi connectivity index (χ0n) is 14.9. The number of furan rings is 1. The Morgan fingerprint density at radius 2 is 1.70 bits per heavy atom. The highest BCUT2D eigenvalue weighted by molar-refractivity contribution is 7.91. The summed E-state index contributed by atoms with van der Waals surface area (Å²) in [6.07, 6.45) is 1.92. The van der Waals surface area contributed by atoms with Crippen molar-refractivity contribution in [1.29, 1.82) is 0 Å². The van der Waals surface area contributed by atoms with Gasteiger partial charge in [-0.1, -0.05) is 12.1 Å². The van der Waals surface area contributed by atoms with E-state index in [-0.39, 0.29) is 42.4 Å². The first-order valence-electron chi connectivity index (χ1n) is 8.55. The maximum Gasteiger partial charge on any atom is 0.243 e. The van der Waals surface area contributed by atoms with Crippen molar-refractivity contribution in [2.75, 3.05) is 13.1 Å². The van der Waals surface area contributed by atoms with Crippen LogP contribution in [0, 0.1) is 0 Å². The predicted molar refractivity (Wildman–Crippen MR) is 99.6 cm³/mol. The molecule has 0 spiro atoms. The summed E-state index contributed by atoms with van der Waals surface area (Å²) in [6, 6.07) is 9.03. The summed E-state index contributed by atoms with van der Waals surface area (Å²) >= 11 is 0. The number of hydrogen-bond acceptors (Lipinski definition) is 6. The Kier molecular flexibility index (Phi) is 5.55. The second kappa shape index (κ2) is 7.57. The van der Waals surface area contributed by atoms with Crippen LogP contribution in [-0.2, 0) is 25.6 Å². The number of sulfonamides is 1. The first-order valence-corrected chi connectivity index (χ1v) is 11.7. The number of sulfone groups is 1. The van der Waals surface area contributed by atoms with E-state index in [0.29, 0.717) is 11.3 Å². The molecule has 0 aliphatic carbocycles. The number of Topliss-reactive ketones (excluding diaryl/α,β-unsaturated/α-hetero) is 1. The largest absolute Gasteiger partial charge is 0.468 e. The van der Waals surface area contributed by atoms with Crippen molar-refractivity contribution in [2.24, 2.45) is 0 Å². The predicted octanol–water partition coefficient (Wildman–Crippen LogP) is 2.25. The molecule has 2 aromatic rings. The molecule has 27 heavy (non-hydrogen) atoms. The third-order valence-corrected chi connectivity index (χ3v) is 8.82. The zero-order chi connectivity index (χ0) is 19.7. The van der Waals surface area contributed by atoms with Gasteiger partial charge in [-0.2, -0.15) is 4.31 Å². The van der Waals surface area contributed by atoms with Gasteiger partial charge in [0.05, 0.1) is 16.4 Å². The van der Waals surface area contributed by atoms with Gasteiger partial charge in [-0.15, -0.1) is 0 Å². The molecule has 2 heterocycles. The summed E-state index contributed by atoms with van der Waals surface area (Å²) in [4.78, 5) is 11.4. The van der Waals surface area contributed by atoms with Crippen molar-refractivity contribution in [3.8, 4) is 0 Å². The quantitative estimate of drug-likeness (QED) is 0.676. The fourth-order valence-corrected chi connectivity index (χ4v) is 6.35. The number of rotatable bonds is 6. The lowest BCUT2D eigenvalue weighted by atomic mass is 10.2. The molecular formula is C18H21NO6S2. The first-order chi connectivity index (χ1) is 12.7. The van der Waals surface area contributed by atoms with Crippen LogP contribution in [0.4, 0.5) is 0 Å². The molecule has 1 saturated heterocycles. The van der Waals surface area contributed by atoms with Crippen molar-refractivity contribution < 1.29 is 26.0 Å². The Bertz CT molecular complexity index is 1000. The molecule has 0 saturated carbocycles. The second-order valence-electron chi connectivity index (χ2n) is 6.57. The van der Waals surface area contributed by atoms with Crippen LogP contribution in [-0.4, -0.2) is 45.3 Å². The fourth-order valence-electron chi connectivity index (χ4n) is 3.15. The standard InChI is InChI=1S/C18H21NO6S2/c1-14(20)15-4-6-18(7-5-15)27(23,24)19-10-8-17(9-11-19)26(21,22)13-16-3-2-12-25-16/h2-7,12,17H,8-11,13H2,1H3. The van der Waals surface area contributed by atoms with Crippen LogP contribution < -0.4 is 0 Å². The van der Waals surface area contributed by atoms with Gasteiger partial charge >= 0.3 is 0 Å². The number of carbonyl (C=O) groups excluding carboxylic acids is 1. The SMILES string of the molecule is CC(=O)c1ccc(S(=O)(=O)N2CCC(S(=O)(=O)Cc3ccco3)CC2)cc1. The lowest BCUT2D eigenvalue weighted by molar-refractivity contribution is 0.101. The smallest absolute Gasteiger partial charge is 0.243 e. The summed E-state index contributed by atoms with van der Waals surface area (Å²) in [5.41, 5.74) is 0.441. The van der Waals surface area contributed by atoms with E-state index in [0.717, 1.165) is 0 Å². The Labute approximate surface area is 159 Å². The monoisotopic (exact) mass is 411 g/mol. The van der Waals surface area contributed by atoms with Crippen molar-refractivity contribution in [2.45, 2.75) is 35.7 Å². The molecule has 146 valence electrons. The van der Waals surface area contributed by atoms with E-state index < -0.39 is 25.1 Å². The number of piperidine rings is 1. The van der Waals surface area contributed by atoms with Gasteiger partial charge in [0.25, 0.3) is 0 Å². The molecule has 1 aliphatic rings. The molecule has 0 radical (unpaired) electrons. The van der Waals surface area contributed by atoms with Gasteiger partial charge in [0.2, 0.25) is 10.0 Å². The van der Waals surface area contributed by atoms with Crippen molar-refractivity contribution >= 4 is 25.6 Å². The van der Waals surface area contributed by atoms with Crippen molar-refractivity contribution in [3.05, 3.63) is 54.0 Å². The van der Waals surface area contributed by atoms with Gasteiger partial charge in [0, 0.05) is 18.7 Å². The van der Waals surface area contributed by atoms with E-state index in [1.54, 1.807) is 12.1 Å². The summed E-state index contributed by atoms with van der Waals surface area (Å²) in [7, 11) is -7.12. The molecule has 0 N–H and O–H groups in total. The van der Waals surface area contributed by atoms with E-state index in [9.17, 15) is 21.6 Å². The van der Waals surface area contributed by atoms with E-state index >= 15 is 0 Å². The van der Waals surface area contributed by atoms with Crippen LogP contribution in [0.2, 0.25) is 0 Å². The van der Waals surface area contributed by atoms with Crippen LogP contribution in [0.15, 0.2) is 52.0 Å². The number of ketones is 1. The molecule has 7 nitrogen and oxygen atoms in total. The summed E-state index contributed by atoms with van der Waals surface area (Å²) in [6.45, 7) is 1.69. The third-order valence-electron chi connectivity index (χ3n) is 4.73. The van der Waals surface area contributed by atoms with E-state index in [1.807, 2.05) is 0 Å². The van der Waals surface area contributed by atoms with Crippen LogP contribution in [0.25, 0.3) is 0 Å². The minimum atomic E-state index is -3.71. The van der Waals surface area contributed by atoms with Gasteiger partial charge in [0.1, 0.15) is 11.5 Å². The highest BCUT2D eigenvalue weighted by Gasteiger charge is 2.35. The van der Waals surface area contributed by atoms with Gasteiger partial charge in [0.15, 0.2) is 15.6 Å². The maximum absolute atomic E-state index is 12.8. The number of nitrogens with zero attached hydrogens (tertiary/aromatic N) is 1. The lowest BCUT2D eigenvalue weighted by Gasteiger charge is -2.30. The molecular weight excluding hydrogens is 390 g/mol. The topological polar surface area (TPSA) is 102 Å². The molecule has 0 amide bonds. The third kappa shape index (κ3) is 4.31. The molecule has 1 aromatic carbocycles. The molecule has 0 unspecified atom stereocenters. The molecule has 1 aromatic heterocycles. The Morgan fingerprint density at radius 3 is 2.22 bits per heavy atom. The Hall–Kier alpha value is -1.97. The van der Waals surface area contributed by atoms with E-state index in [1.165, 1.54) is 41.8 Å². The summed E-state index contributed by atoms with van der Waals surface area (Å²) in [5.74, 6) is 0.0707. The maximum atomic E-state index is 12.8. The molecule has 1 aliphatic heterocycles. The van der Waals surface area contributed by atoms with E-state index in [2.05, 4.69) is 0 Å². The second-order valence-corrected chi connectivity index (χ2v) is 10.8. The number of hydrogen-bond donors (Lipinski definition) is 0. The van der Waals surface area contributed by atoms with Crippen molar-refractivity contribution in [1.82, 2.24) is 4.31 Å². The molecule has 1 fully saturated rings. The fraction of sp³-hybridized carbons (Fsp3) is 0.389. The van der Waals surface area contributed by atoms with Crippen molar-refractivity contribution in [3.63, 3.8) is 0 Å². The minimum absolute atomic E-state index is 0.101. The normalized spacial score (nSPS) is 17.1. The van der Waals surface area contributed by atoms with Crippen LogP contribution >= 0.6 is 0 Å². The summed E-state index contributed by atoms with van der Waals surface area (Å²) in [5, 5.41) is -0.589. The lowest BCUT2D eigenvalue weighted by Crippen LogP contribution is -2.42. The Balaban J connectivity index is 1.68. The van der Waals surface area contributed by atoms with Gasteiger partial charge < -0.3 is 4.42 Å². The number of benzene rings is 1. The number of carbonyl (C=O) groups is 1. The minimum Gasteiger partial charge on any atom is -0.468 e. The molecule has 0 bridgehead atoms. The van der Waals surface area contributed by atoms with Crippen LogP contribution in [0.3, 0.4) is 0 Å². The average Bonchev–Trinajstić information content (AvgIpc) is 3.14. The molecule has 3 rings (SSSR count).